The molecule has 1 saturated heterocycles. The van der Waals surface area contributed by atoms with Gasteiger partial charge in [0.25, 0.3) is 0 Å². The predicted molar refractivity (Wildman–Crippen MR) is 64.7 cm³/mol. The summed E-state index contributed by atoms with van der Waals surface area (Å²) in [6.07, 6.45) is 5.19. The van der Waals surface area contributed by atoms with E-state index in [2.05, 4.69) is 41.7 Å². The van der Waals surface area contributed by atoms with Gasteiger partial charge in [-0.1, -0.05) is 12.8 Å². The predicted octanol–water partition coefficient (Wildman–Crippen LogP) is 1.03. The lowest BCUT2D eigenvalue weighted by Crippen LogP contribution is -2.46. The van der Waals surface area contributed by atoms with E-state index in [0.717, 1.165) is 11.8 Å². The number of hydrogen-bond acceptors (Lipinski definition) is 3. The molecule has 0 aromatic carbocycles. The van der Waals surface area contributed by atoms with Crippen LogP contribution in [0.15, 0.2) is 0 Å². The molecule has 0 bridgehead atoms. The summed E-state index contributed by atoms with van der Waals surface area (Å²) in [6.45, 7) is 8.69. The third kappa shape index (κ3) is 3.91. The Hall–Kier alpha value is -0.170. The number of nitrogens with zero attached hydrogens (tertiary/aromatic N) is 1. The second-order valence-corrected chi connectivity index (χ2v) is 5.41. The fourth-order valence-electron chi connectivity index (χ4n) is 1.73. The van der Waals surface area contributed by atoms with Crippen LogP contribution in [0.5, 0.6) is 0 Å². The molecule has 1 rings (SSSR count). The lowest BCUT2D eigenvalue weighted by atomic mass is 10.2. The molecular weight excluding hydrogens is 192 g/mol. The maximum atomic E-state index is 5.19. The molecule has 3 heteroatoms. The van der Waals surface area contributed by atoms with Crippen molar-refractivity contribution in [1.82, 2.24) is 10.2 Å². The normalized spacial score (nSPS) is 25.6. The fraction of sp³-hybridized carbons (Fsp3) is 0.818. The zero-order valence-electron chi connectivity index (χ0n) is 9.12. The van der Waals surface area contributed by atoms with Crippen molar-refractivity contribution in [1.29, 1.82) is 0 Å². The Morgan fingerprint density at radius 2 is 2.50 bits per heavy atom. The molecule has 0 aromatic rings. The first kappa shape index (κ1) is 11.9. The van der Waals surface area contributed by atoms with Gasteiger partial charge in [0.2, 0.25) is 0 Å². The molecule has 2 atom stereocenters. The Kier molecular flexibility index (Phi) is 5.39. The van der Waals surface area contributed by atoms with Crippen LogP contribution >= 0.6 is 11.8 Å². The van der Waals surface area contributed by atoms with Crippen LogP contribution in [-0.4, -0.2) is 48.1 Å². The molecule has 0 amide bonds. The highest BCUT2D eigenvalue weighted by molar-refractivity contribution is 7.99. The molecule has 1 aliphatic heterocycles. The van der Waals surface area contributed by atoms with Crippen molar-refractivity contribution in [3.63, 3.8) is 0 Å². The van der Waals surface area contributed by atoms with Crippen molar-refractivity contribution >= 4 is 11.8 Å². The van der Waals surface area contributed by atoms with Gasteiger partial charge in [-0.3, -0.25) is 4.90 Å². The molecule has 14 heavy (non-hydrogen) atoms. The van der Waals surface area contributed by atoms with Crippen LogP contribution < -0.4 is 5.32 Å². The van der Waals surface area contributed by atoms with Crippen LogP contribution in [0.1, 0.15) is 13.8 Å². The van der Waals surface area contributed by atoms with Gasteiger partial charge in [0.05, 0.1) is 6.54 Å². The largest absolute Gasteiger partial charge is 0.305 e. The van der Waals surface area contributed by atoms with Crippen LogP contribution in [0, 0.1) is 12.3 Å². The Bertz CT molecular complexity index is 200. The summed E-state index contributed by atoms with van der Waals surface area (Å²) in [7, 11) is 0. The average molecular weight is 212 g/mol. The Labute approximate surface area is 91.8 Å². The van der Waals surface area contributed by atoms with Gasteiger partial charge in [0.15, 0.2) is 0 Å². The number of thioether (sulfide) groups is 1. The molecule has 2 unspecified atom stereocenters. The molecule has 1 N–H and O–H groups in total. The molecule has 80 valence electrons. The van der Waals surface area contributed by atoms with Gasteiger partial charge in [-0.05, 0) is 6.92 Å². The summed E-state index contributed by atoms with van der Waals surface area (Å²) >= 11 is 2.07. The maximum Gasteiger partial charge on any atom is 0.0574 e. The standard InChI is InChI=1S/C11H20N2S/c1-4-5-12-8-10(2)13-6-7-14-11(3)9-13/h1,10-12H,5-9H2,2-3H3. The summed E-state index contributed by atoms with van der Waals surface area (Å²) in [5, 5.41) is 4.04. The molecule has 0 saturated carbocycles. The number of nitrogens with one attached hydrogen (secondary N) is 1. The van der Waals surface area contributed by atoms with Gasteiger partial charge in [-0.15, -0.1) is 6.42 Å². The highest BCUT2D eigenvalue weighted by Gasteiger charge is 2.20. The molecule has 1 aliphatic rings. The highest BCUT2D eigenvalue weighted by atomic mass is 32.2. The monoisotopic (exact) mass is 212 g/mol. The van der Waals surface area contributed by atoms with Crippen LogP contribution in [0.4, 0.5) is 0 Å². The molecular formula is C11H20N2S. The summed E-state index contributed by atoms with van der Waals surface area (Å²) in [6, 6.07) is 0.603. The molecule has 2 nitrogen and oxygen atoms in total. The van der Waals surface area contributed by atoms with Gasteiger partial charge < -0.3 is 5.32 Å². The van der Waals surface area contributed by atoms with Gasteiger partial charge >= 0.3 is 0 Å². The first-order valence-corrected chi connectivity index (χ1v) is 6.28. The van der Waals surface area contributed by atoms with Crippen molar-refractivity contribution in [2.45, 2.75) is 25.1 Å². The third-order valence-electron chi connectivity index (χ3n) is 2.56. The number of hydrogen-bond donors (Lipinski definition) is 1. The summed E-state index contributed by atoms with van der Waals surface area (Å²) < 4.78 is 0. The molecule has 1 heterocycles. The van der Waals surface area contributed by atoms with E-state index in [4.69, 9.17) is 6.42 Å². The fourth-order valence-corrected chi connectivity index (χ4v) is 2.77. The van der Waals surface area contributed by atoms with E-state index < -0.39 is 0 Å². The topological polar surface area (TPSA) is 15.3 Å². The summed E-state index contributed by atoms with van der Waals surface area (Å²) in [5.74, 6) is 3.87. The van der Waals surface area contributed by atoms with Crippen molar-refractivity contribution in [2.75, 3.05) is 31.9 Å². The Balaban J connectivity index is 2.22. The quantitative estimate of drug-likeness (QED) is 0.553. The van der Waals surface area contributed by atoms with E-state index >= 15 is 0 Å². The highest BCUT2D eigenvalue weighted by Crippen LogP contribution is 2.19. The minimum Gasteiger partial charge on any atom is -0.305 e. The SMILES string of the molecule is C#CCNCC(C)N1CCSC(C)C1. The van der Waals surface area contributed by atoms with Crippen molar-refractivity contribution in [3.05, 3.63) is 0 Å². The van der Waals surface area contributed by atoms with Gasteiger partial charge in [-0.2, -0.15) is 11.8 Å². The van der Waals surface area contributed by atoms with Gasteiger partial charge in [0, 0.05) is 36.7 Å². The Morgan fingerprint density at radius 1 is 1.71 bits per heavy atom. The summed E-state index contributed by atoms with van der Waals surface area (Å²) in [5.41, 5.74) is 0. The molecule has 0 aromatic heterocycles. The molecule has 0 aliphatic carbocycles. The number of rotatable bonds is 4. The molecule has 0 radical (unpaired) electrons. The minimum absolute atomic E-state index is 0.603. The zero-order chi connectivity index (χ0) is 10.4. The van der Waals surface area contributed by atoms with Gasteiger partial charge in [0.1, 0.15) is 0 Å². The average Bonchev–Trinajstić information content (AvgIpc) is 2.18. The van der Waals surface area contributed by atoms with E-state index in [-0.39, 0.29) is 0 Å². The first-order chi connectivity index (χ1) is 6.74. The van der Waals surface area contributed by atoms with E-state index in [1.165, 1.54) is 18.8 Å². The van der Waals surface area contributed by atoms with E-state index in [1.807, 2.05) is 0 Å². The second kappa shape index (κ2) is 6.34. The number of terminal acetylenes is 1. The summed E-state index contributed by atoms with van der Waals surface area (Å²) in [4.78, 5) is 2.55. The van der Waals surface area contributed by atoms with Crippen molar-refractivity contribution in [2.24, 2.45) is 0 Å². The maximum absolute atomic E-state index is 5.19. The molecule has 1 fully saturated rings. The zero-order valence-corrected chi connectivity index (χ0v) is 9.94. The van der Waals surface area contributed by atoms with Crippen LogP contribution in [-0.2, 0) is 0 Å². The minimum atomic E-state index is 0.603. The van der Waals surface area contributed by atoms with Gasteiger partial charge in [-0.25, -0.2) is 0 Å². The first-order valence-electron chi connectivity index (χ1n) is 5.24. The lowest BCUT2D eigenvalue weighted by Gasteiger charge is -2.35. The molecule has 0 spiro atoms. The van der Waals surface area contributed by atoms with Crippen LogP contribution in [0.2, 0.25) is 0 Å². The van der Waals surface area contributed by atoms with E-state index in [0.29, 0.717) is 12.6 Å². The third-order valence-corrected chi connectivity index (χ3v) is 3.70. The van der Waals surface area contributed by atoms with Crippen molar-refractivity contribution < 1.29 is 0 Å². The lowest BCUT2D eigenvalue weighted by molar-refractivity contribution is 0.215. The van der Waals surface area contributed by atoms with Crippen molar-refractivity contribution in [3.8, 4) is 12.3 Å². The Morgan fingerprint density at radius 3 is 3.14 bits per heavy atom. The van der Waals surface area contributed by atoms with E-state index in [1.54, 1.807) is 0 Å². The van der Waals surface area contributed by atoms with E-state index in [9.17, 15) is 0 Å². The second-order valence-electron chi connectivity index (χ2n) is 3.86. The van der Waals surface area contributed by atoms with Crippen LogP contribution in [0.3, 0.4) is 0 Å². The van der Waals surface area contributed by atoms with Crippen LogP contribution in [0.25, 0.3) is 0 Å². The smallest absolute Gasteiger partial charge is 0.0574 e.